The van der Waals surface area contributed by atoms with Gasteiger partial charge in [0.05, 0.1) is 6.54 Å². The van der Waals surface area contributed by atoms with Crippen LogP contribution in [0.3, 0.4) is 0 Å². The minimum absolute atomic E-state index is 0.129. The van der Waals surface area contributed by atoms with Gasteiger partial charge >= 0.3 is 0 Å². The van der Waals surface area contributed by atoms with Crippen LogP contribution in [0.4, 0.5) is 10.1 Å². The van der Waals surface area contributed by atoms with Crippen molar-refractivity contribution in [3.63, 3.8) is 0 Å². The average Bonchev–Trinajstić information content (AvgIpc) is 2.89. The van der Waals surface area contributed by atoms with Gasteiger partial charge in [0, 0.05) is 25.1 Å². The number of carbonyl (C=O) groups is 2. The minimum Gasteiger partial charge on any atom is -0.381 e. The fourth-order valence-corrected chi connectivity index (χ4v) is 2.82. The number of hydrogen-bond donors (Lipinski definition) is 1. The normalized spacial score (nSPS) is 14.3. The highest BCUT2D eigenvalue weighted by Crippen LogP contribution is 2.22. The molecule has 2 aromatic carbocycles. The monoisotopic (exact) mass is 326 g/mol. The van der Waals surface area contributed by atoms with E-state index in [1.165, 1.54) is 17.0 Å². The summed E-state index contributed by atoms with van der Waals surface area (Å²) in [5.41, 5.74) is 3.59. The second-order valence-electron chi connectivity index (χ2n) is 5.96. The zero-order valence-corrected chi connectivity index (χ0v) is 13.5. The Morgan fingerprint density at radius 3 is 2.50 bits per heavy atom. The van der Waals surface area contributed by atoms with Crippen molar-refractivity contribution >= 4 is 17.5 Å². The van der Waals surface area contributed by atoms with E-state index in [0.29, 0.717) is 6.54 Å². The molecule has 3 rings (SSSR count). The molecule has 0 aliphatic carbocycles. The van der Waals surface area contributed by atoms with Gasteiger partial charge in [0.2, 0.25) is 11.8 Å². The molecule has 2 aromatic rings. The van der Waals surface area contributed by atoms with E-state index in [1.54, 1.807) is 6.07 Å². The van der Waals surface area contributed by atoms with E-state index in [-0.39, 0.29) is 37.0 Å². The first-order valence-electron chi connectivity index (χ1n) is 7.94. The van der Waals surface area contributed by atoms with Crippen molar-refractivity contribution in [2.45, 2.75) is 32.9 Å². The van der Waals surface area contributed by atoms with Crippen molar-refractivity contribution in [2.75, 3.05) is 5.32 Å². The summed E-state index contributed by atoms with van der Waals surface area (Å²) in [5, 5.41) is 3.29. The molecule has 1 N–H and O–H groups in total. The van der Waals surface area contributed by atoms with Crippen molar-refractivity contribution in [1.82, 2.24) is 4.90 Å². The maximum Gasteiger partial charge on any atom is 0.229 e. The summed E-state index contributed by atoms with van der Waals surface area (Å²) in [6.07, 6.45) is 0.577. The number of likely N-dealkylation sites (tertiary alicyclic amines) is 1. The van der Waals surface area contributed by atoms with E-state index < -0.39 is 0 Å². The first-order valence-corrected chi connectivity index (χ1v) is 7.94. The van der Waals surface area contributed by atoms with Crippen molar-refractivity contribution in [1.29, 1.82) is 0 Å². The molecule has 1 aliphatic rings. The van der Waals surface area contributed by atoms with Gasteiger partial charge in [-0.15, -0.1) is 0 Å². The third-order valence-corrected chi connectivity index (χ3v) is 4.28. The molecule has 0 aromatic heterocycles. The molecular weight excluding hydrogens is 307 g/mol. The molecular formula is C19H19FN2O2. The van der Waals surface area contributed by atoms with Gasteiger partial charge in [0.25, 0.3) is 0 Å². The number of aryl methyl sites for hydroxylation is 1. The molecule has 0 radical (unpaired) electrons. The number of benzene rings is 2. The molecule has 1 heterocycles. The van der Waals surface area contributed by atoms with Crippen LogP contribution in [0.2, 0.25) is 0 Å². The smallest absolute Gasteiger partial charge is 0.229 e. The summed E-state index contributed by atoms with van der Waals surface area (Å²) in [4.78, 5) is 24.9. The molecule has 4 nitrogen and oxygen atoms in total. The van der Waals surface area contributed by atoms with Gasteiger partial charge in [-0.2, -0.15) is 0 Å². The summed E-state index contributed by atoms with van der Waals surface area (Å²) in [6.45, 7) is 2.68. The van der Waals surface area contributed by atoms with Crippen LogP contribution in [0.25, 0.3) is 0 Å². The van der Waals surface area contributed by atoms with Crippen molar-refractivity contribution in [3.8, 4) is 0 Å². The van der Waals surface area contributed by atoms with Crippen LogP contribution >= 0.6 is 0 Å². The van der Waals surface area contributed by atoms with E-state index in [4.69, 9.17) is 0 Å². The predicted octanol–water partition coefficient (Wildman–Crippen LogP) is 3.40. The third kappa shape index (κ3) is 3.45. The zero-order valence-electron chi connectivity index (χ0n) is 13.5. The number of hydrogen-bond acceptors (Lipinski definition) is 3. The second-order valence-corrected chi connectivity index (χ2v) is 5.96. The van der Waals surface area contributed by atoms with Crippen LogP contribution in [0.5, 0.6) is 0 Å². The van der Waals surface area contributed by atoms with E-state index in [0.717, 1.165) is 22.4 Å². The Morgan fingerprint density at radius 1 is 1.04 bits per heavy atom. The van der Waals surface area contributed by atoms with Gasteiger partial charge in [-0.25, -0.2) is 4.39 Å². The number of nitrogens with one attached hydrogen (secondary N) is 1. The zero-order chi connectivity index (χ0) is 17.1. The lowest BCUT2D eigenvalue weighted by Gasteiger charge is -2.18. The van der Waals surface area contributed by atoms with Crippen LogP contribution in [-0.4, -0.2) is 16.7 Å². The summed E-state index contributed by atoms with van der Waals surface area (Å²) in [6, 6.07) is 12.3. The Balaban J connectivity index is 1.76. The lowest BCUT2D eigenvalue weighted by atomic mass is 10.1. The van der Waals surface area contributed by atoms with Crippen molar-refractivity contribution in [3.05, 3.63) is 65.0 Å². The first kappa shape index (κ1) is 16.2. The quantitative estimate of drug-likeness (QED) is 0.857. The number of anilines is 1. The Labute approximate surface area is 140 Å². The molecule has 1 aliphatic heterocycles. The molecule has 0 saturated carbocycles. The van der Waals surface area contributed by atoms with Gasteiger partial charge in [0.15, 0.2) is 0 Å². The minimum atomic E-state index is -0.265. The average molecular weight is 326 g/mol. The Kier molecular flexibility index (Phi) is 4.60. The number of rotatable bonds is 5. The summed E-state index contributed by atoms with van der Waals surface area (Å²) >= 11 is 0. The summed E-state index contributed by atoms with van der Waals surface area (Å²) in [5.74, 6) is -0.523. The van der Waals surface area contributed by atoms with Gasteiger partial charge in [-0.1, -0.05) is 24.3 Å². The van der Waals surface area contributed by atoms with Gasteiger partial charge in [-0.05, 0) is 41.8 Å². The molecule has 5 heteroatoms. The fourth-order valence-electron chi connectivity index (χ4n) is 2.82. The molecule has 2 amide bonds. The molecule has 0 atom stereocenters. The van der Waals surface area contributed by atoms with E-state index >= 15 is 0 Å². The maximum absolute atomic E-state index is 13.4. The number of para-hydroxylation sites is 1. The molecule has 0 unspecified atom stereocenters. The standard InChI is InChI=1S/C19H19FN2O2/c1-13-6-7-16(20)10-15(13)11-21-17-5-3-2-4-14(17)12-22-18(23)8-9-19(22)24/h2-7,10,21H,8-9,11-12H2,1H3. The molecule has 1 fully saturated rings. The maximum atomic E-state index is 13.4. The van der Waals surface area contributed by atoms with Crippen LogP contribution < -0.4 is 5.32 Å². The number of amides is 2. The Morgan fingerprint density at radius 2 is 1.75 bits per heavy atom. The highest BCUT2D eigenvalue weighted by atomic mass is 19.1. The summed E-state index contributed by atoms with van der Waals surface area (Å²) in [7, 11) is 0. The number of imide groups is 1. The predicted molar refractivity (Wildman–Crippen MR) is 89.7 cm³/mol. The topological polar surface area (TPSA) is 49.4 Å². The van der Waals surface area contributed by atoms with E-state index in [1.807, 2.05) is 31.2 Å². The van der Waals surface area contributed by atoms with Gasteiger partial charge in [-0.3, -0.25) is 14.5 Å². The largest absolute Gasteiger partial charge is 0.381 e. The van der Waals surface area contributed by atoms with Gasteiger partial charge in [0.1, 0.15) is 5.82 Å². The SMILES string of the molecule is Cc1ccc(F)cc1CNc1ccccc1CN1C(=O)CCC1=O. The van der Waals surface area contributed by atoms with Crippen LogP contribution in [-0.2, 0) is 22.7 Å². The van der Waals surface area contributed by atoms with Crippen molar-refractivity contribution in [2.24, 2.45) is 0 Å². The Hall–Kier alpha value is -2.69. The lowest BCUT2D eigenvalue weighted by molar-refractivity contribution is -0.139. The molecule has 24 heavy (non-hydrogen) atoms. The molecule has 1 saturated heterocycles. The second kappa shape index (κ2) is 6.83. The van der Waals surface area contributed by atoms with E-state index in [9.17, 15) is 14.0 Å². The summed E-state index contributed by atoms with van der Waals surface area (Å²) < 4.78 is 13.4. The van der Waals surface area contributed by atoms with Crippen LogP contribution in [0.15, 0.2) is 42.5 Å². The van der Waals surface area contributed by atoms with Gasteiger partial charge < -0.3 is 5.32 Å². The van der Waals surface area contributed by atoms with E-state index in [2.05, 4.69) is 5.32 Å². The molecule has 124 valence electrons. The third-order valence-electron chi connectivity index (χ3n) is 4.28. The Bertz CT molecular complexity index is 773. The number of nitrogens with zero attached hydrogens (tertiary/aromatic N) is 1. The number of halogens is 1. The highest BCUT2D eigenvalue weighted by molar-refractivity contribution is 6.01. The highest BCUT2D eigenvalue weighted by Gasteiger charge is 2.29. The molecule has 0 spiro atoms. The first-order chi connectivity index (χ1) is 11.5. The van der Waals surface area contributed by atoms with Crippen molar-refractivity contribution < 1.29 is 14.0 Å². The van der Waals surface area contributed by atoms with Crippen LogP contribution in [0, 0.1) is 12.7 Å². The van der Waals surface area contributed by atoms with Crippen LogP contribution in [0.1, 0.15) is 29.5 Å². The molecule has 0 bridgehead atoms. The number of carbonyl (C=O) groups excluding carboxylic acids is 2. The lowest BCUT2D eigenvalue weighted by Crippen LogP contribution is -2.28. The fraction of sp³-hybridized carbons (Fsp3) is 0.263.